The van der Waals surface area contributed by atoms with Crippen LogP contribution in [0.25, 0.3) is 0 Å². The zero-order chi connectivity index (χ0) is 25.0. The highest BCUT2D eigenvalue weighted by molar-refractivity contribution is 5.96. The minimum atomic E-state index is -4.64. The molecular weight excluding hydrogens is 466 g/mol. The molecule has 0 radical (unpaired) electrons. The van der Waals surface area contributed by atoms with Gasteiger partial charge in [-0.15, -0.1) is 10.2 Å². The SMILES string of the molecule is O=C(NCc1ccc(F)cc1)c1ccc(N2CCCN(C(=O)c3ccccc3C(F)(F)F)C2)nn1. The molecular formula is C24H21F4N5O2. The van der Waals surface area contributed by atoms with E-state index in [1.807, 2.05) is 0 Å². The molecule has 1 fully saturated rings. The fourth-order valence-corrected chi connectivity index (χ4v) is 3.73. The van der Waals surface area contributed by atoms with Crippen LogP contribution in [0.15, 0.2) is 60.7 Å². The number of nitrogens with zero attached hydrogens (tertiary/aromatic N) is 4. The second-order valence-electron chi connectivity index (χ2n) is 7.96. The minimum Gasteiger partial charge on any atom is -0.347 e. The fourth-order valence-electron chi connectivity index (χ4n) is 3.73. The number of carbonyl (C=O) groups excluding carboxylic acids is 2. The average Bonchev–Trinajstić information content (AvgIpc) is 2.87. The van der Waals surface area contributed by atoms with Crippen molar-refractivity contribution in [3.63, 3.8) is 0 Å². The second-order valence-corrected chi connectivity index (χ2v) is 7.96. The molecule has 0 spiro atoms. The number of amides is 2. The molecule has 1 saturated heterocycles. The van der Waals surface area contributed by atoms with Crippen molar-refractivity contribution in [3.8, 4) is 0 Å². The molecule has 35 heavy (non-hydrogen) atoms. The number of halogens is 4. The Balaban J connectivity index is 1.40. The van der Waals surface area contributed by atoms with Crippen LogP contribution in [0.5, 0.6) is 0 Å². The lowest BCUT2D eigenvalue weighted by molar-refractivity contribution is -0.138. The Bertz CT molecular complexity index is 1200. The van der Waals surface area contributed by atoms with Gasteiger partial charge in [0.2, 0.25) is 0 Å². The topological polar surface area (TPSA) is 78.4 Å². The molecule has 1 aliphatic rings. The average molecular weight is 487 g/mol. The summed E-state index contributed by atoms with van der Waals surface area (Å²) in [6, 6.07) is 13.4. The first-order valence-corrected chi connectivity index (χ1v) is 10.8. The molecule has 7 nitrogen and oxygen atoms in total. The second kappa shape index (κ2) is 10.1. The van der Waals surface area contributed by atoms with Gasteiger partial charge in [0.05, 0.1) is 17.8 Å². The Morgan fingerprint density at radius 2 is 1.69 bits per heavy atom. The van der Waals surface area contributed by atoms with Gasteiger partial charge in [-0.3, -0.25) is 9.59 Å². The fraction of sp³-hybridized carbons (Fsp3) is 0.250. The summed E-state index contributed by atoms with van der Waals surface area (Å²) in [5.74, 6) is -1.16. The molecule has 1 N–H and O–H groups in total. The van der Waals surface area contributed by atoms with E-state index in [-0.39, 0.29) is 24.7 Å². The van der Waals surface area contributed by atoms with Crippen LogP contribution in [-0.2, 0) is 12.7 Å². The highest BCUT2D eigenvalue weighted by Gasteiger charge is 2.36. The number of rotatable bonds is 5. The van der Waals surface area contributed by atoms with E-state index in [0.717, 1.165) is 11.6 Å². The number of hydrogen-bond donors (Lipinski definition) is 1. The predicted octanol–water partition coefficient (Wildman–Crippen LogP) is 3.87. The Kier molecular flexibility index (Phi) is 6.94. The van der Waals surface area contributed by atoms with Crippen LogP contribution in [0.4, 0.5) is 23.4 Å². The Morgan fingerprint density at radius 1 is 0.943 bits per heavy atom. The smallest absolute Gasteiger partial charge is 0.347 e. The van der Waals surface area contributed by atoms with Crippen LogP contribution in [0.2, 0.25) is 0 Å². The van der Waals surface area contributed by atoms with Crippen molar-refractivity contribution in [2.75, 3.05) is 24.7 Å². The van der Waals surface area contributed by atoms with Gasteiger partial charge in [0.15, 0.2) is 11.5 Å². The molecule has 2 heterocycles. The van der Waals surface area contributed by atoms with Gasteiger partial charge in [-0.1, -0.05) is 24.3 Å². The predicted molar refractivity (Wildman–Crippen MR) is 119 cm³/mol. The number of aromatic nitrogens is 2. The number of anilines is 1. The monoisotopic (exact) mass is 487 g/mol. The van der Waals surface area contributed by atoms with Crippen molar-refractivity contribution in [1.29, 1.82) is 0 Å². The maximum atomic E-state index is 13.3. The van der Waals surface area contributed by atoms with Gasteiger partial charge >= 0.3 is 6.18 Å². The molecule has 11 heteroatoms. The van der Waals surface area contributed by atoms with Gasteiger partial charge in [0.1, 0.15) is 5.82 Å². The van der Waals surface area contributed by atoms with Crippen LogP contribution in [0.1, 0.15) is 38.4 Å². The van der Waals surface area contributed by atoms with Gasteiger partial charge < -0.3 is 15.1 Å². The first kappa shape index (κ1) is 24.1. The number of hydrogen-bond acceptors (Lipinski definition) is 5. The van der Waals surface area contributed by atoms with E-state index in [1.165, 1.54) is 41.3 Å². The first-order chi connectivity index (χ1) is 16.7. The molecule has 0 aliphatic carbocycles. The summed E-state index contributed by atoms with van der Waals surface area (Å²) < 4.78 is 53.0. The molecule has 2 amide bonds. The first-order valence-electron chi connectivity index (χ1n) is 10.8. The van der Waals surface area contributed by atoms with Gasteiger partial charge in [0, 0.05) is 19.6 Å². The molecule has 0 unspecified atom stereocenters. The molecule has 4 rings (SSSR count). The van der Waals surface area contributed by atoms with Crippen molar-refractivity contribution in [2.24, 2.45) is 0 Å². The molecule has 182 valence electrons. The van der Waals surface area contributed by atoms with E-state index >= 15 is 0 Å². The van der Waals surface area contributed by atoms with Crippen LogP contribution in [0, 0.1) is 5.82 Å². The van der Waals surface area contributed by atoms with E-state index in [2.05, 4.69) is 15.5 Å². The van der Waals surface area contributed by atoms with Crippen LogP contribution in [0.3, 0.4) is 0 Å². The summed E-state index contributed by atoms with van der Waals surface area (Å²) >= 11 is 0. The summed E-state index contributed by atoms with van der Waals surface area (Å²) in [5.41, 5.74) is -0.589. The number of benzene rings is 2. The maximum Gasteiger partial charge on any atom is 0.417 e. The number of alkyl halides is 3. The lowest BCUT2D eigenvalue weighted by Gasteiger charge is -2.36. The zero-order valence-electron chi connectivity index (χ0n) is 18.4. The Morgan fingerprint density at radius 3 is 2.37 bits per heavy atom. The lowest BCUT2D eigenvalue weighted by Crippen LogP contribution is -2.48. The maximum absolute atomic E-state index is 13.3. The molecule has 0 atom stereocenters. The van der Waals surface area contributed by atoms with Crippen molar-refractivity contribution in [2.45, 2.75) is 19.1 Å². The van der Waals surface area contributed by atoms with Crippen LogP contribution < -0.4 is 10.2 Å². The summed E-state index contributed by atoms with van der Waals surface area (Å²) in [4.78, 5) is 28.3. The summed E-state index contributed by atoms with van der Waals surface area (Å²) in [6.45, 7) is 1.05. The van der Waals surface area contributed by atoms with Gasteiger partial charge in [-0.25, -0.2) is 4.39 Å². The highest BCUT2D eigenvalue weighted by atomic mass is 19.4. The molecule has 3 aromatic rings. The Labute approximate surface area is 198 Å². The third-order valence-electron chi connectivity index (χ3n) is 5.52. The largest absolute Gasteiger partial charge is 0.417 e. The third kappa shape index (κ3) is 5.73. The minimum absolute atomic E-state index is 0.0375. The molecule has 2 aromatic carbocycles. The molecule has 1 aliphatic heterocycles. The lowest BCUT2D eigenvalue weighted by atomic mass is 10.1. The Hall–Kier alpha value is -4.02. The summed E-state index contributed by atoms with van der Waals surface area (Å²) in [5, 5.41) is 10.7. The van der Waals surface area contributed by atoms with Crippen molar-refractivity contribution >= 4 is 17.6 Å². The van der Waals surface area contributed by atoms with E-state index in [4.69, 9.17) is 0 Å². The van der Waals surface area contributed by atoms with Gasteiger partial charge in [-0.05, 0) is 48.4 Å². The van der Waals surface area contributed by atoms with Crippen LogP contribution in [-0.4, -0.2) is 46.7 Å². The van der Waals surface area contributed by atoms with Crippen LogP contribution >= 0.6 is 0 Å². The highest BCUT2D eigenvalue weighted by Crippen LogP contribution is 2.32. The summed E-state index contributed by atoms with van der Waals surface area (Å²) in [6.07, 6.45) is -4.11. The van der Waals surface area contributed by atoms with E-state index in [9.17, 15) is 27.2 Å². The number of nitrogens with one attached hydrogen (secondary N) is 1. The number of carbonyl (C=O) groups is 2. The van der Waals surface area contributed by atoms with Gasteiger partial charge in [0.25, 0.3) is 11.8 Å². The van der Waals surface area contributed by atoms with E-state index in [0.29, 0.717) is 25.3 Å². The quantitative estimate of drug-likeness (QED) is 0.553. The molecule has 0 saturated carbocycles. The van der Waals surface area contributed by atoms with Gasteiger partial charge in [-0.2, -0.15) is 13.2 Å². The normalized spacial score (nSPS) is 14.1. The van der Waals surface area contributed by atoms with E-state index < -0.39 is 29.1 Å². The standard InChI is InChI=1S/C24H21F4N5O2/c25-17-8-6-16(7-9-17)14-29-22(34)20-10-11-21(31-30-20)32-12-3-13-33(15-32)23(35)18-4-1-2-5-19(18)24(26,27)28/h1-2,4-11H,3,12-15H2,(H,29,34). The molecule has 1 aromatic heterocycles. The third-order valence-corrected chi connectivity index (χ3v) is 5.52. The zero-order valence-corrected chi connectivity index (χ0v) is 18.4. The molecule has 0 bridgehead atoms. The van der Waals surface area contributed by atoms with Crippen molar-refractivity contribution in [3.05, 3.63) is 88.9 Å². The van der Waals surface area contributed by atoms with Crippen molar-refractivity contribution in [1.82, 2.24) is 20.4 Å². The summed E-state index contributed by atoms with van der Waals surface area (Å²) in [7, 11) is 0. The van der Waals surface area contributed by atoms with Crippen molar-refractivity contribution < 1.29 is 27.2 Å². The van der Waals surface area contributed by atoms with E-state index in [1.54, 1.807) is 23.1 Å².